The van der Waals surface area contributed by atoms with Crippen LogP contribution in [-0.4, -0.2) is 49.3 Å². The number of hydrogen-bond donors (Lipinski definition) is 2. The molecule has 2 heterocycles. The summed E-state index contributed by atoms with van der Waals surface area (Å²) < 4.78 is 24.5. The lowest BCUT2D eigenvalue weighted by atomic mass is 9.61. The summed E-state index contributed by atoms with van der Waals surface area (Å²) in [4.78, 5) is 25.2. The van der Waals surface area contributed by atoms with Crippen LogP contribution in [0.4, 0.5) is 4.39 Å². The average Bonchev–Trinajstić information content (AvgIpc) is 2.92. The first-order chi connectivity index (χ1) is 10.2. The van der Waals surface area contributed by atoms with Crippen LogP contribution in [0, 0.1) is 10.5 Å². The highest BCUT2D eigenvalue weighted by Crippen LogP contribution is 2.32. The van der Waals surface area contributed by atoms with E-state index in [4.69, 9.17) is 30.9 Å². The van der Waals surface area contributed by atoms with Crippen molar-refractivity contribution in [2.24, 2.45) is 5.73 Å². The molecule has 1 aliphatic rings. The van der Waals surface area contributed by atoms with Gasteiger partial charge in [0, 0.05) is 0 Å². The van der Waals surface area contributed by atoms with Crippen LogP contribution in [0.3, 0.4) is 0 Å². The Labute approximate surface area is 132 Å². The molecule has 114 valence electrons. The van der Waals surface area contributed by atoms with Gasteiger partial charge in [-0.25, -0.2) is 9.18 Å². The van der Waals surface area contributed by atoms with Gasteiger partial charge in [-0.15, -0.1) is 0 Å². The van der Waals surface area contributed by atoms with E-state index in [9.17, 15) is 14.0 Å². The number of rotatable bonds is 4. The number of carbonyl (C=O) groups is 1. The summed E-state index contributed by atoms with van der Waals surface area (Å²) >= 11 is 4.62. The van der Waals surface area contributed by atoms with E-state index in [0.29, 0.717) is 12.8 Å². The molecule has 0 saturated carbocycles. The molecule has 1 aromatic rings. The Hall–Kier alpha value is -1.45. The zero-order chi connectivity index (χ0) is 16.5. The fourth-order valence-corrected chi connectivity index (χ4v) is 2.28. The van der Waals surface area contributed by atoms with Crippen molar-refractivity contribution in [3.8, 4) is 0 Å². The van der Waals surface area contributed by atoms with E-state index in [1.165, 1.54) is 0 Å². The number of nitrogens with one attached hydrogen (secondary N) is 1. The van der Waals surface area contributed by atoms with Crippen LogP contribution in [0.5, 0.6) is 0 Å². The van der Waals surface area contributed by atoms with Crippen molar-refractivity contribution >= 4 is 33.9 Å². The van der Waals surface area contributed by atoms with E-state index in [1.54, 1.807) is 0 Å². The summed E-state index contributed by atoms with van der Waals surface area (Å²) in [6, 6.07) is 0. The molecule has 3 N–H and O–H groups in total. The number of ether oxygens (including phenoxy) is 2. The van der Waals surface area contributed by atoms with Crippen LogP contribution in [0.1, 0.15) is 19.1 Å². The molecule has 11 heteroatoms. The van der Waals surface area contributed by atoms with Gasteiger partial charge in [-0.3, -0.25) is 14.3 Å². The van der Waals surface area contributed by atoms with Crippen molar-refractivity contribution in [3.63, 3.8) is 0 Å². The van der Waals surface area contributed by atoms with Gasteiger partial charge in [-0.2, -0.15) is 0 Å². The number of hydrogen-bond acceptors (Lipinski definition) is 6. The molecule has 2 unspecified atom stereocenters. The third kappa shape index (κ3) is 3.47. The van der Waals surface area contributed by atoms with E-state index in [2.05, 4.69) is 17.2 Å². The van der Waals surface area contributed by atoms with Gasteiger partial charge >= 0.3 is 11.7 Å². The first-order valence-electron chi connectivity index (χ1n) is 6.40. The zero-order valence-corrected chi connectivity index (χ0v) is 12.3. The molecule has 22 heavy (non-hydrogen) atoms. The maximum Gasteiger partial charge on any atom is 0.328 e. The molecule has 1 aliphatic heterocycles. The van der Waals surface area contributed by atoms with Crippen LogP contribution in [0.25, 0.3) is 0 Å². The Balaban J connectivity index is 2.16. The van der Waals surface area contributed by atoms with Crippen LogP contribution < -0.4 is 11.4 Å². The van der Waals surface area contributed by atoms with Gasteiger partial charge < -0.3 is 15.2 Å². The molecule has 4 radical (unpaired) electrons. The molecule has 2 rings (SSSR count). The number of H-pyrrole nitrogens is 1. The van der Waals surface area contributed by atoms with Gasteiger partial charge in [0.1, 0.15) is 26.6 Å². The number of nitrogens with two attached hydrogens (primary N) is 1. The molecule has 2 atom stereocenters. The van der Waals surface area contributed by atoms with Crippen LogP contribution in [-0.2, 0) is 14.3 Å². The lowest BCUT2D eigenvalue weighted by Crippen LogP contribution is -2.48. The monoisotopic (exact) mass is 323 g/mol. The molecular weight excluding hydrogens is 311 g/mol. The van der Waals surface area contributed by atoms with Crippen molar-refractivity contribution < 1.29 is 18.7 Å². The summed E-state index contributed by atoms with van der Waals surface area (Å²) in [5.41, 5.74) is 4.49. The minimum Gasteiger partial charge on any atom is -0.476 e. The maximum atomic E-state index is 13.5. The Bertz CT molecular complexity index is 693. The zero-order valence-electron chi connectivity index (χ0n) is 11.5. The summed E-state index contributed by atoms with van der Waals surface area (Å²) in [5, 5.41) is -1.89. The highest BCUT2D eigenvalue weighted by atomic mass is 32.1. The number of esters is 1. The third-order valence-electron chi connectivity index (χ3n) is 3.19. The Kier molecular flexibility index (Phi) is 4.88. The Morgan fingerprint density at radius 2 is 2.32 bits per heavy atom. The predicted molar refractivity (Wildman–Crippen MR) is 78.4 cm³/mol. The minimum atomic E-state index is -1.89. The molecule has 7 nitrogen and oxygen atoms in total. The first kappa shape index (κ1) is 16.9. The van der Waals surface area contributed by atoms with E-state index >= 15 is 0 Å². The van der Waals surface area contributed by atoms with Gasteiger partial charge in [0.25, 0.3) is 0 Å². The Morgan fingerprint density at radius 3 is 2.95 bits per heavy atom. The minimum absolute atomic E-state index is 0.292. The van der Waals surface area contributed by atoms with E-state index in [0.717, 1.165) is 10.8 Å². The van der Waals surface area contributed by atoms with Gasteiger partial charge in [-0.1, -0.05) is 12.2 Å². The van der Waals surface area contributed by atoms with Crippen molar-refractivity contribution in [2.45, 2.75) is 30.6 Å². The molecule has 0 aromatic carbocycles. The van der Waals surface area contributed by atoms with Crippen LogP contribution in [0.2, 0.25) is 0 Å². The summed E-state index contributed by atoms with van der Waals surface area (Å²) in [7, 11) is 11.4. The van der Waals surface area contributed by atoms with E-state index in [1.807, 2.05) is 0 Å². The first-order valence-corrected chi connectivity index (χ1v) is 6.81. The third-order valence-corrected chi connectivity index (χ3v) is 3.49. The number of aromatic nitrogens is 2. The second-order valence-corrected chi connectivity index (χ2v) is 5.24. The molecule has 0 amide bonds. The lowest BCUT2D eigenvalue weighted by Gasteiger charge is -2.32. The van der Waals surface area contributed by atoms with Crippen LogP contribution >= 0.6 is 12.2 Å². The van der Waals surface area contributed by atoms with E-state index < -0.39 is 35.2 Å². The molecule has 0 bridgehead atoms. The summed E-state index contributed by atoms with van der Waals surface area (Å²) in [6.45, 7) is -0.383. The summed E-state index contributed by atoms with van der Waals surface area (Å²) in [6.07, 6.45) is -0.105. The normalized spacial score (nSPS) is 21.7. The van der Waals surface area contributed by atoms with Gasteiger partial charge in [0.05, 0.1) is 24.2 Å². The molecule has 1 fully saturated rings. The van der Waals surface area contributed by atoms with E-state index in [-0.39, 0.29) is 11.2 Å². The maximum absolute atomic E-state index is 13.5. The van der Waals surface area contributed by atoms with Crippen LogP contribution in [0.15, 0.2) is 11.0 Å². The van der Waals surface area contributed by atoms with Crippen molar-refractivity contribution in [1.82, 2.24) is 9.55 Å². The lowest BCUT2D eigenvalue weighted by molar-refractivity contribution is -0.154. The SMILES string of the molecule is [B]C([B])(OC(=O)CN)C1CCC(n2cc(F)c(=S)[nH]c2=O)O1. The standard InChI is InChI=1S/C11H12B2FN3O4S/c12-11(13,21-8(18)3-15)6-1-2-7(20-6)17-4-5(14)9(22)16-10(17)19/h4,6-7H,1-3,15H2,(H,16,19,22). The van der Waals surface area contributed by atoms with Gasteiger partial charge in [0.15, 0.2) is 5.82 Å². The molecule has 1 aromatic heterocycles. The number of aromatic amines is 1. The second-order valence-electron chi connectivity index (χ2n) is 4.83. The fraction of sp³-hybridized carbons (Fsp3) is 0.545. The highest BCUT2D eigenvalue weighted by Gasteiger charge is 2.39. The highest BCUT2D eigenvalue weighted by molar-refractivity contribution is 7.71. The smallest absolute Gasteiger partial charge is 0.328 e. The topological polar surface area (TPSA) is 99.3 Å². The van der Waals surface area contributed by atoms with Gasteiger partial charge in [0.2, 0.25) is 0 Å². The summed E-state index contributed by atoms with van der Waals surface area (Å²) in [5.74, 6) is -1.55. The molecule has 0 aliphatic carbocycles. The second kappa shape index (κ2) is 6.35. The van der Waals surface area contributed by atoms with Crippen molar-refractivity contribution in [2.75, 3.05) is 6.54 Å². The molecule has 0 spiro atoms. The largest absolute Gasteiger partial charge is 0.476 e. The number of carbonyl (C=O) groups excluding carboxylic acids is 1. The quantitative estimate of drug-likeness (QED) is 0.428. The van der Waals surface area contributed by atoms with Gasteiger partial charge in [-0.05, 0) is 12.8 Å². The number of halogens is 1. The predicted octanol–water partition coefficient (Wildman–Crippen LogP) is -0.785. The Morgan fingerprint density at radius 1 is 1.64 bits per heavy atom. The molecular formula is C11H12B2FN3O4S. The van der Waals surface area contributed by atoms with Crippen molar-refractivity contribution in [1.29, 1.82) is 0 Å². The molecule has 1 saturated heterocycles. The number of nitrogens with zero attached hydrogens (tertiary/aromatic N) is 1. The fourth-order valence-electron chi connectivity index (χ4n) is 2.14. The average molecular weight is 323 g/mol. The van der Waals surface area contributed by atoms with Crippen molar-refractivity contribution in [3.05, 3.63) is 27.1 Å².